The third-order valence-corrected chi connectivity index (χ3v) is 16.4. The Labute approximate surface area is 640 Å². The molecule has 0 fully saturated rings. The molecule has 18 heteroatoms. The van der Waals surface area contributed by atoms with E-state index in [4.69, 9.17) is 18.9 Å². The van der Waals surface area contributed by atoms with E-state index in [1.807, 2.05) is 0 Å². The van der Waals surface area contributed by atoms with Crippen LogP contribution in [0.15, 0.2) is 48.6 Å². The molecule has 0 N–H and O–H groups in total. The van der Waals surface area contributed by atoms with Crippen LogP contribution in [0.25, 0.3) is 0 Å². The van der Waals surface area contributed by atoms with Crippen LogP contribution in [-0.4, -0.2) is 112 Å². The molecule has 0 aliphatic heterocycles. The van der Waals surface area contributed by atoms with Crippen LogP contribution in [-0.2, 0) is 76.8 Å². The monoisotopic (exact) mass is 1460 g/mol. The molecular formula is C80H140CaO16Zn. The molecule has 0 saturated carbocycles. The van der Waals surface area contributed by atoms with Crippen LogP contribution in [0.1, 0.15) is 387 Å². The fraction of sp³-hybridized carbons (Fsp3) is 0.800. The smallest absolute Gasteiger partial charge is 0.545 e. The van der Waals surface area contributed by atoms with Crippen molar-refractivity contribution in [2.45, 2.75) is 387 Å². The maximum absolute atomic E-state index is 11.1. The number of carboxylic acid groups (broad SMARTS) is 4. The molecule has 0 heterocycles. The zero-order valence-corrected chi connectivity index (χ0v) is 68.2. The fourth-order valence-electron chi connectivity index (χ4n) is 10.6. The van der Waals surface area contributed by atoms with E-state index < -0.39 is 47.8 Å². The minimum absolute atomic E-state index is 0. The van der Waals surface area contributed by atoms with Gasteiger partial charge in [0.25, 0.3) is 0 Å². The summed E-state index contributed by atoms with van der Waals surface area (Å²) in [5.74, 6) is -8.01. The molecule has 0 amide bonds. The van der Waals surface area contributed by atoms with Crippen molar-refractivity contribution in [3.8, 4) is 0 Å². The summed E-state index contributed by atoms with van der Waals surface area (Å²) in [6.45, 7) is 10.4. The minimum Gasteiger partial charge on any atom is -0.545 e. The molecule has 0 aromatic heterocycles. The number of rotatable bonds is 68. The molecule has 0 aromatic carbocycles. The van der Waals surface area contributed by atoms with Crippen LogP contribution >= 0.6 is 0 Å². The van der Waals surface area contributed by atoms with Crippen molar-refractivity contribution >= 4 is 85.5 Å². The van der Waals surface area contributed by atoms with E-state index in [-0.39, 0.29) is 57.2 Å². The Balaban J connectivity index is -0.000000286. The van der Waals surface area contributed by atoms with Gasteiger partial charge in [-0.05, 0) is 50.0 Å². The van der Waals surface area contributed by atoms with Crippen LogP contribution in [0.2, 0.25) is 0 Å². The molecule has 0 spiro atoms. The zero-order chi connectivity index (χ0) is 71.5. The predicted octanol–water partition coefficient (Wildman–Crippen LogP) is 16.9. The second kappa shape index (κ2) is 93.6. The molecule has 16 nitrogen and oxygen atoms in total. The topological polar surface area (TPSA) is 266 Å². The van der Waals surface area contributed by atoms with E-state index in [1.165, 1.54) is 308 Å². The number of hydrogen-bond donors (Lipinski definition) is 0. The molecule has 0 aromatic rings. The van der Waals surface area contributed by atoms with Crippen LogP contribution in [0.4, 0.5) is 0 Å². The Morgan fingerprint density at radius 1 is 0.194 bits per heavy atom. The molecule has 0 aliphatic rings. The average Bonchev–Trinajstić information content (AvgIpc) is 3.79. The number of ether oxygens (including phenoxy) is 4. The van der Waals surface area contributed by atoms with E-state index in [1.54, 1.807) is 0 Å². The second-order valence-corrected chi connectivity index (χ2v) is 25.7. The molecule has 0 radical (unpaired) electrons. The number of carboxylic acids is 4. The summed E-state index contributed by atoms with van der Waals surface area (Å²) >= 11 is 0. The van der Waals surface area contributed by atoms with Crippen molar-refractivity contribution < 1.29 is 97.2 Å². The van der Waals surface area contributed by atoms with E-state index in [0.717, 1.165) is 75.7 Å². The Kier molecular flexibility index (Phi) is 101. The third-order valence-electron chi connectivity index (χ3n) is 16.4. The van der Waals surface area contributed by atoms with Gasteiger partial charge in [0.2, 0.25) is 0 Å². The van der Waals surface area contributed by atoms with Crippen molar-refractivity contribution in [3.63, 3.8) is 0 Å². The summed E-state index contributed by atoms with van der Waals surface area (Å²) in [6.07, 6.45) is 78.2. The molecule has 98 heavy (non-hydrogen) atoms. The molecule has 0 atom stereocenters. The maximum Gasteiger partial charge on any atom is 2.00 e. The Hall–Kier alpha value is -3.40. The number of carbonyl (C=O) groups is 8. The van der Waals surface area contributed by atoms with Gasteiger partial charge in [0.15, 0.2) is 0 Å². The second-order valence-electron chi connectivity index (χ2n) is 25.7. The van der Waals surface area contributed by atoms with Crippen molar-refractivity contribution in [3.05, 3.63) is 48.6 Å². The fourth-order valence-corrected chi connectivity index (χ4v) is 10.6. The van der Waals surface area contributed by atoms with Crippen LogP contribution in [0.3, 0.4) is 0 Å². The van der Waals surface area contributed by atoms with Crippen molar-refractivity contribution in [2.24, 2.45) is 0 Å². The first kappa shape index (κ1) is 106. The standard InChI is InChI=1S/4C20H36O4.Ca.Zn/c4*1-2-3-4-5-6-7-8-9-10-11-12-13-14-15-18-24-20(23)17-16-19(21)22;;/h4*16-17H,2-15,18H2,1H3,(H,21,22);;/q;;;;2*+2/p-4. The van der Waals surface area contributed by atoms with Gasteiger partial charge in [-0.1, -0.05) is 362 Å². The third kappa shape index (κ3) is 109. The first-order valence-electron chi connectivity index (χ1n) is 38.9. The molecule has 0 saturated heterocycles. The number of aliphatic carboxylic acids is 4. The van der Waals surface area contributed by atoms with Gasteiger partial charge in [0.1, 0.15) is 0 Å². The summed E-state index contributed by atoms with van der Waals surface area (Å²) in [7, 11) is 0. The SMILES string of the molecule is CCCCCCCCCCCCCCCCOC(=O)C=CC(=O)[O-].CCCCCCCCCCCCCCCCOC(=O)C=CC(=O)[O-].CCCCCCCCCCCCCCCCOC(=O)C=CC(=O)[O-].CCCCCCCCCCCCCCCCOC(=O)C=CC(=O)[O-].[Ca+2].[Zn+2]. The molecule has 0 bridgehead atoms. The van der Waals surface area contributed by atoms with Crippen molar-refractivity contribution in [1.82, 2.24) is 0 Å². The first-order valence-corrected chi connectivity index (χ1v) is 38.9. The average molecular weight is 1460 g/mol. The van der Waals surface area contributed by atoms with Gasteiger partial charge < -0.3 is 58.6 Å². The summed E-state index contributed by atoms with van der Waals surface area (Å²) in [5, 5.41) is 40.4. The molecule has 560 valence electrons. The summed E-state index contributed by atoms with van der Waals surface area (Å²) < 4.78 is 19.5. The van der Waals surface area contributed by atoms with E-state index in [0.29, 0.717) is 50.7 Å². The quantitative estimate of drug-likeness (QED) is 0.0180. The number of carbonyl (C=O) groups excluding carboxylic acids is 8. The molecule has 0 aliphatic carbocycles. The Morgan fingerprint density at radius 3 is 0.398 bits per heavy atom. The molecule has 0 rings (SSSR count). The van der Waals surface area contributed by atoms with Crippen LogP contribution in [0, 0.1) is 0 Å². The summed E-state index contributed by atoms with van der Waals surface area (Å²) in [5.41, 5.74) is 0. The van der Waals surface area contributed by atoms with Crippen molar-refractivity contribution in [1.29, 1.82) is 0 Å². The number of unbranched alkanes of at least 4 members (excludes halogenated alkanes) is 52. The normalized spacial score (nSPS) is 10.8. The largest absolute Gasteiger partial charge is 2.00 e. The van der Waals surface area contributed by atoms with Crippen molar-refractivity contribution in [2.75, 3.05) is 26.4 Å². The van der Waals surface area contributed by atoms with Gasteiger partial charge in [0.05, 0.1) is 50.3 Å². The number of esters is 4. The van der Waals surface area contributed by atoms with Gasteiger partial charge in [-0.3, -0.25) is 0 Å². The van der Waals surface area contributed by atoms with Gasteiger partial charge in [-0.2, -0.15) is 0 Å². The Bertz CT molecular complexity index is 1630. The first-order chi connectivity index (χ1) is 46.7. The van der Waals surface area contributed by atoms with E-state index in [9.17, 15) is 58.8 Å². The number of hydrogen-bond acceptors (Lipinski definition) is 16. The summed E-state index contributed by atoms with van der Waals surface area (Å²) in [4.78, 5) is 84.8. The van der Waals surface area contributed by atoms with Gasteiger partial charge in [0, 0.05) is 24.3 Å². The van der Waals surface area contributed by atoms with E-state index >= 15 is 0 Å². The maximum atomic E-state index is 11.1. The molecule has 0 unspecified atom stereocenters. The van der Waals surface area contributed by atoms with Gasteiger partial charge >= 0.3 is 81.1 Å². The van der Waals surface area contributed by atoms with Gasteiger partial charge in [-0.15, -0.1) is 0 Å². The van der Waals surface area contributed by atoms with Crippen LogP contribution < -0.4 is 20.4 Å². The Morgan fingerprint density at radius 2 is 0.296 bits per heavy atom. The minimum atomic E-state index is -1.39. The van der Waals surface area contributed by atoms with E-state index in [2.05, 4.69) is 27.7 Å². The molecular weight excluding hydrogens is 1320 g/mol. The van der Waals surface area contributed by atoms with Crippen LogP contribution in [0.5, 0.6) is 0 Å². The zero-order valence-electron chi connectivity index (χ0n) is 63.0. The summed E-state index contributed by atoms with van der Waals surface area (Å²) in [6, 6.07) is 0. The predicted molar refractivity (Wildman–Crippen MR) is 387 cm³/mol. The van der Waals surface area contributed by atoms with Gasteiger partial charge in [-0.25, -0.2) is 19.2 Å².